The van der Waals surface area contributed by atoms with E-state index in [0.717, 1.165) is 44.9 Å². The maximum Gasteiger partial charge on any atom is 0.306 e. The van der Waals surface area contributed by atoms with Crippen molar-refractivity contribution in [2.45, 2.75) is 256 Å². The standard InChI is InChI=1S/C47H88O12S/c1-3-5-7-9-11-13-15-17-19-20-22-24-26-28-30-32-34-36-43(49)58-40(38-57-47-46(52)45(51)44(50)41(59-47)39-60(53,54)55)37-56-42(48)35-33-31-29-27-25-23-21-18-16-14-12-10-8-6-4-2/h23,25,40-41,44-47,50-52H,3-22,24,26-39H2,1-2H3,(H,53,54,55)/b25-23+/t40-,41-,44-,45?,46?,47+/m1/s1. The molecule has 1 fully saturated rings. The minimum Gasteiger partial charge on any atom is -0.462 e. The summed E-state index contributed by atoms with van der Waals surface area (Å²) in [6.07, 6.45) is 31.1. The molecule has 0 spiro atoms. The number of hydrogen-bond acceptors (Lipinski definition) is 11. The number of aliphatic hydroxyl groups excluding tert-OH is 3. The third kappa shape index (κ3) is 32.1. The molecule has 0 aliphatic carbocycles. The molecule has 4 N–H and O–H groups in total. The third-order valence-corrected chi connectivity index (χ3v) is 12.1. The number of unbranched alkanes of at least 4 members (excludes halogenated alkanes) is 27. The van der Waals surface area contributed by atoms with E-state index in [0.29, 0.717) is 12.8 Å². The summed E-state index contributed by atoms with van der Waals surface area (Å²) in [5.41, 5.74) is 0. The number of carbonyl (C=O) groups is 2. The molecular weight excluding hydrogens is 789 g/mol. The van der Waals surface area contributed by atoms with E-state index in [1.54, 1.807) is 0 Å². The molecule has 12 nitrogen and oxygen atoms in total. The van der Waals surface area contributed by atoms with Crippen molar-refractivity contribution in [2.75, 3.05) is 19.0 Å². The first-order valence-electron chi connectivity index (χ1n) is 24.2. The quantitative estimate of drug-likeness (QED) is 0.0197. The van der Waals surface area contributed by atoms with Gasteiger partial charge in [-0.25, -0.2) is 0 Å². The summed E-state index contributed by atoms with van der Waals surface area (Å²) >= 11 is 0. The average molecular weight is 877 g/mol. The lowest BCUT2D eigenvalue weighted by Crippen LogP contribution is -2.60. The Morgan fingerprint density at radius 3 is 1.40 bits per heavy atom. The minimum absolute atomic E-state index is 0.167. The van der Waals surface area contributed by atoms with Gasteiger partial charge in [0.25, 0.3) is 10.1 Å². The highest BCUT2D eigenvalue weighted by atomic mass is 32.2. The highest BCUT2D eigenvalue weighted by Gasteiger charge is 2.46. The van der Waals surface area contributed by atoms with Gasteiger partial charge in [-0.1, -0.05) is 180 Å². The van der Waals surface area contributed by atoms with Crippen LogP contribution >= 0.6 is 0 Å². The lowest BCUT2D eigenvalue weighted by molar-refractivity contribution is -0.297. The Hall–Kier alpha value is -1.61. The summed E-state index contributed by atoms with van der Waals surface area (Å²) in [4.78, 5) is 25.4. The van der Waals surface area contributed by atoms with E-state index in [9.17, 15) is 37.9 Å². The summed E-state index contributed by atoms with van der Waals surface area (Å²) in [5, 5.41) is 30.9. The van der Waals surface area contributed by atoms with Crippen LogP contribution in [-0.2, 0) is 38.7 Å². The zero-order valence-electron chi connectivity index (χ0n) is 37.8. The van der Waals surface area contributed by atoms with Crippen molar-refractivity contribution in [1.82, 2.24) is 0 Å². The lowest BCUT2D eigenvalue weighted by atomic mass is 10.00. The highest BCUT2D eigenvalue weighted by molar-refractivity contribution is 7.85. The highest BCUT2D eigenvalue weighted by Crippen LogP contribution is 2.24. The Labute approximate surface area is 365 Å². The van der Waals surface area contributed by atoms with E-state index in [4.69, 9.17) is 18.9 Å². The zero-order chi connectivity index (χ0) is 44.1. The minimum atomic E-state index is -4.60. The van der Waals surface area contributed by atoms with E-state index < -0.39 is 71.2 Å². The van der Waals surface area contributed by atoms with Crippen LogP contribution in [-0.4, -0.2) is 96.0 Å². The fourth-order valence-electron chi connectivity index (χ4n) is 7.56. The zero-order valence-corrected chi connectivity index (χ0v) is 38.6. The number of aliphatic hydroxyl groups is 3. The Kier molecular flexibility index (Phi) is 35.6. The van der Waals surface area contributed by atoms with E-state index in [-0.39, 0.29) is 19.4 Å². The van der Waals surface area contributed by atoms with Gasteiger partial charge in [0.15, 0.2) is 12.4 Å². The molecule has 60 heavy (non-hydrogen) atoms. The number of hydrogen-bond donors (Lipinski definition) is 4. The van der Waals surface area contributed by atoms with Crippen LogP contribution in [0.5, 0.6) is 0 Å². The van der Waals surface area contributed by atoms with Crippen molar-refractivity contribution in [3.8, 4) is 0 Å². The van der Waals surface area contributed by atoms with Crippen LogP contribution in [0.1, 0.15) is 219 Å². The van der Waals surface area contributed by atoms with Gasteiger partial charge in [-0.05, 0) is 38.5 Å². The second kappa shape index (κ2) is 37.9. The van der Waals surface area contributed by atoms with Gasteiger partial charge in [0.1, 0.15) is 36.8 Å². The second-order valence-electron chi connectivity index (χ2n) is 17.1. The van der Waals surface area contributed by atoms with Crippen LogP contribution in [0.15, 0.2) is 12.2 Å². The number of allylic oxidation sites excluding steroid dienone is 2. The molecule has 1 saturated heterocycles. The molecule has 6 atom stereocenters. The Morgan fingerprint density at radius 1 is 0.550 bits per heavy atom. The predicted molar refractivity (Wildman–Crippen MR) is 238 cm³/mol. The van der Waals surface area contributed by atoms with Crippen molar-refractivity contribution in [1.29, 1.82) is 0 Å². The van der Waals surface area contributed by atoms with Gasteiger partial charge in [0.05, 0.1) is 6.61 Å². The summed E-state index contributed by atoms with van der Waals surface area (Å²) in [6.45, 7) is 3.77. The van der Waals surface area contributed by atoms with Gasteiger partial charge >= 0.3 is 11.9 Å². The van der Waals surface area contributed by atoms with Gasteiger partial charge in [-0.2, -0.15) is 8.42 Å². The van der Waals surface area contributed by atoms with Crippen LogP contribution in [0, 0.1) is 0 Å². The van der Waals surface area contributed by atoms with Crippen molar-refractivity contribution >= 4 is 22.1 Å². The molecule has 354 valence electrons. The molecule has 1 heterocycles. The Balaban J connectivity index is 2.41. The number of rotatable bonds is 41. The van der Waals surface area contributed by atoms with Gasteiger partial charge in [-0.3, -0.25) is 14.1 Å². The van der Waals surface area contributed by atoms with Crippen molar-refractivity contribution in [3.63, 3.8) is 0 Å². The SMILES string of the molecule is CCCCCCCCCC/C=C/CCCCCC(=O)OC[C@H](CO[C@H]1O[C@H](CS(=O)(=O)O)[C@@H](O)C(O)C1O)OC(=O)CCCCCCCCCCCCCCCCCCC. The first-order valence-corrected chi connectivity index (χ1v) is 25.9. The summed E-state index contributed by atoms with van der Waals surface area (Å²) in [6, 6.07) is 0. The molecule has 2 unspecified atom stereocenters. The van der Waals surface area contributed by atoms with Gasteiger partial charge in [0.2, 0.25) is 0 Å². The molecule has 1 rings (SSSR count). The molecule has 0 aromatic rings. The Morgan fingerprint density at radius 2 is 0.950 bits per heavy atom. The van der Waals surface area contributed by atoms with E-state index in [2.05, 4.69) is 26.0 Å². The average Bonchev–Trinajstić information content (AvgIpc) is 3.21. The number of esters is 2. The van der Waals surface area contributed by atoms with Crippen molar-refractivity contribution in [2.24, 2.45) is 0 Å². The van der Waals surface area contributed by atoms with Crippen LogP contribution in [0.3, 0.4) is 0 Å². The molecule has 1 aliphatic heterocycles. The first kappa shape index (κ1) is 56.4. The maximum atomic E-state index is 12.8. The largest absolute Gasteiger partial charge is 0.462 e. The smallest absolute Gasteiger partial charge is 0.306 e. The molecule has 0 saturated carbocycles. The molecule has 0 radical (unpaired) electrons. The normalized spacial score (nSPS) is 20.1. The second-order valence-corrected chi connectivity index (χ2v) is 18.6. The van der Waals surface area contributed by atoms with Crippen LogP contribution in [0.25, 0.3) is 0 Å². The third-order valence-electron chi connectivity index (χ3n) is 11.3. The molecule has 13 heteroatoms. The van der Waals surface area contributed by atoms with E-state index >= 15 is 0 Å². The molecule has 0 amide bonds. The topological polar surface area (TPSA) is 186 Å². The number of carbonyl (C=O) groups excluding carboxylic acids is 2. The molecule has 0 bridgehead atoms. The van der Waals surface area contributed by atoms with Crippen molar-refractivity contribution < 1.29 is 56.8 Å². The fourth-order valence-corrected chi connectivity index (χ4v) is 8.25. The van der Waals surface area contributed by atoms with Gasteiger partial charge in [-0.15, -0.1) is 0 Å². The molecule has 1 aliphatic rings. The van der Waals surface area contributed by atoms with Crippen LogP contribution < -0.4 is 0 Å². The molecule has 0 aromatic carbocycles. The summed E-state index contributed by atoms with van der Waals surface area (Å²) < 4.78 is 54.1. The Bertz CT molecular complexity index is 1170. The number of ether oxygens (including phenoxy) is 4. The van der Waals surface area contributed by atoms with Crippen LogP contribution in [0.2, 0.25) is 0 Å². The molecule has 0 aromatic heterocycles. The summed E-state index contributed by atoms with van der Waals surface area (Å²) in [7, 11) is -4.60. The monoisotopic (exact) mass is 877 g/mol. The van der Waals surface area contributed by atoms with Crippen molar-refractivity contribution in [3.05, 3.63) is 12.2 Å². The van der Waals surface area contributed by atoms with E-state index in [1.807, 2.05) is 0 Å². The summed E-state index contributed by atoms with van der Waals surface area (Å²) in [5.74, 6) is -1.99. The van der Waals surface area contributed by atoms with Crippen LogP contribution in [0.4, 0.5) is 0 Å². The van der Waals surface area contributed by atoms with Gasteiger partial charge in [0, 0.05) is 12.8 Å². The molecular formula is C47H88O12S. The van der Waals surface area contributed by atoms with Gasteiger partial charge < -0.3 is 34.3 Å². The first-order chi connectivity index (χ1) is 29.0. The predicted octanol–water partition coefficient (Wildman–Crippen LogP) is 10.2. The maximum absolute atomic E-state index is 12.8. The lowest BCUT2D eigenvalue weighted by Gasteiger charge is -2.40. The van der Waals surface area contributed by atoms with E-state index in [1.165, 1.54) is 135 Å². The fraction of sp³-hybridized carbons (Fsp3) is 0.915.